The molecule has 0 bridgehead atoms. The van der Waals surface area contributed by atoms with Crippen molar-refractivity contribution in [3.05, 3.63) is 53.2 Å². The van der Waals surface area contributed by atoms with Gasteiger partial charge in [-0.25, -0.2) is 0 Å². The Hall–Kier alpha value is -2.42. The second kappa shape index (κ2) is 5.80. The lowest BCUT2D eigenvalue weighted by molar-refractivity contribution is -0.119. The highest BCUT2D eigenvalue weighted by Crippen LogP contribution is 2.43. The molecular weight excluding hydrogens is 320 g/mol. The number of benzene rings is 2. The molecule has 26 heavy (non-hydrogen) atoms. The minimum Gasteiger partial charge on any atom is -0.299 e. The summed E-state index contributed by atoms with van der Waals surface area (Å²) in [5, 5.41) is 6.08. The molecule has 5 rings (SSSR count). The number of hydrogen-bond acceptors (Lipinski definition) is 2. The zero-order valence-corrected chi connectivity index (χ0v) is 15.5. The fraction of sp³-hybridized carbons (Fsp3) is 0.391. The van der Waals surface area contributed by atoms with Gasteiger partial charge in [0, 0.05) is 31.2 Å². The molecule has 1 heterocycles. The fourth-order valence-corrected chi connectivity index (χ4v) is 4.52. The number of aromatic nitrogens is 2. The Labute approximate surface area is 154 Å². The third-order valence-electron chi connectivity index (χ3n) is 5.94. The molecule has 1 saturated carbocycles. The van der Waals surface area contributed by atoms with Gasteiger partial charge in [0.2, 0.25) is 0 Å². The van der Waals surface area contributed by atoms with Crippen LogP contribution >= 0.6 is 0 Å². The maximum absolute atomic E-state index is 12.2. The monoisotopic (exact) mass is 344 g/mol. The molecule has 0 saturated heterocycles. The molecule has 3 nitrogen and oxygen atoms in total. The van der Waals surface area contributed by atoms with Crippen LogP contribution in [0.3, 0.4) is 0 Å². The summed E-state index contributed by atoms with van der Waals surface area (Å²) in [5.41, 5.74) is 7.59. The van der Waals surface area contributed by atoms with E-state index in [0.717, 1.165) is 6.42 Å². The van der Waals surface area contributed by atoms with Crippen molar-refractivity contribution in [3.8, 4) is 11.1 Å². The van der Waals surface area contributed by atoms with Gasteiger partial charge >= 0.3 is 0 Å². The Bertz CT molecular complexity index is 1030. The van der Waals surface area contributed by atoms with Crippen LogP contribution in [0.2, 0.25) is 0 Å². The average Bonchev–Trinajstić information content (AvgIpc) is 3.41. The van der Waals surface area contributed by atoms with E-state index in [0.29, 0.717) is 30.5 Å². The van der Waals surface area contributed by atoms with Gasteiger partial charge in [-0.15, -0.1) is 0 Å². The Morgan fingerprint density at radius 2 is 1.96 bits per heavy atom. The van der Waals surface area contributed by atoms with E-state index in [4.69, 9.17) is 5.10 Å². The van der Waals surface area contributed by atoms with E-state index in [1.807, 2.05) is 11.7 Å². The molecule has 132 valence electrons. The molecule has 3 heteroatoms. The van der Waals surface area contributed by atoms with Crippen LogP contribution in [0.4, 0.5) is 0 Å². The molecular formula is C23H24N2O. The first-order valence-corrected chi connectivity index (χ1v) is 9.69. The predicted octanol–water partition coefficient (Wildman–Crippen LogP) is 4.81. The van der Waals surface area contributed by atoms with E-state index in [9.17, 15) is 4.79 Å². The van der Waals surface area contributed by atoms with Gasteiger partial charge in [0.1, 0.15) is 5.78 Å². The highest BCUT2D eigenvalue weighted by Gasteiger charge is 2.29. The quantitative estimate of drug-likeness (QED) is 0.625. The SMILES string of the molecule is CC1CC(=O)Cc2cccc(-c3ccc4c(c3)c(C3CC3)nn4C)c2C1. The first-order valence-electron chi connectivity index (χ1n) is 9.69. The van der Waals surface area contributed by atoms with Gasteiger partial charge < -0.3 is 0 Å². The number of nitrogens with zero attached hydrogens (tertiary/aromatic N) is 2. The summed E-state index contributed by atoms with van der Waals surface area (Å²) in [6.07, 6.45) is 4.78. The van der Waals surface area contributed by atoms with Crippen LogP contribution in [0.1, 0.15) is 48.9 Å². The first kappa shape index (κ1) is 15.8. The van der Waals surface area contributed by atoms with Gasteiger partial charge in [-0.05, 0) is 59.6 Å². The third kappa shape index (κ3) is 2.57. The maximum atomic E-state index is 12.2. The number of hydrogen-bond donors (Lipinski definition) is 0. The minimum absolute atomic E-state index is 0.368. The molecule has 0 spiro atoms. The van der Waals surface area contributed by atoms with E-state index in [-0.39, 0.29) is 0 Å². The summed E-state index contributed by atoms with van der Waals surface area (Å²) in [4.78, 5) is 12.2. The number of carbonyl (C=O) groups excluding carboxylic acids is 1. The molecule has 1 unspecified atom stereocenters. The number of fused-ring (bicyclic) bond motifs is 2. The van der Waals surface area contributed by atoms with Crippen molar-refractivity contribution in [2.75, 3.05) is 0 Å². The zero-order chi connectivity index (χ0) is 17.8. The van der Waals surface area contributed by atoms with Crippen molar-refractivity contribution in [2.45, 2.75) is 44.9 Å². The lowest BCUT2D eigenvalue weighted by Crippen LogP contribution is -2.04. The summed E-state index contributed by atoms with van der Waals surface area (Å²) < 4.78 is 2.01. The van der Waals surface area contributed by atoms with Gasteiger partial charge in [0.25, 0.3) is 0 Å². The summed E-state index contributed by atoms with van der Waals surface area (Å²) in [6.45, 7) is 2.19. The normalized spacial score (nSPS) is 20.2. The molecule has 0 amide bonds. The van der Waals surface area contributed by atoms with Crippen LogP contribution in [0.5, 0.6) is 0 Å². The topological polar surface area (TPSA) is 34.9 Å². The lowest BCUT2D eigenvalue weighted by atomic mass is 9.90. The number of rotatable bonds is 2. The van der Waals surface area contributed by atoms with Gasteiger partial charge in [-0.1, -0.05) is 31.2 Å². The Morgan fingerprint density at radius 1 is 1.12 bits per heavy atom. The molecule has 0 N–H and O–H groups in total. The van der Waals surface area contributed by atoms with Crippen LogP contribution in [0, 0.1) is 5.92 Å². The highest BCUT2D eigenvalue weighted by atomic mass is 16.1. The van der Waals surface area contributed by atoms with Gasteiger partial charge in [-0.3, -0.25) is 9.48 Å². The summed E-state index contributed by atoms with van der Waals surface area (Å²) >= 11 is 0. The lowest BCUT2D eigenvalue weighted by Gasteiger charge is -2.15. The third-order valence-corrected chi connectivity index (χ3v) is 5.94. The van der Waals surface area contributed by atoms with Crippen molar-refractivity contribution in [1.29, 1.82) is 0 Å². The van der Waals surface area contributed by atoms with Crippen molar-refractivity contribution >= 4 is 16.7 Å². The smallest absolute Gasteiger partial charge is 0.137 e. The Morgan fingerprint density at radius 3 is 2.77 bits per heavy atom. The van der Waals surface area contributed by atoms with E-state index in [1.165, 1.54) is 51.7 Å². The summed E-state index contributed by atoms with van der Waals surface area (Å²) in [7, 11) is 2.04. The Balaban J connectivity index is 1.68. The summed E-state index contributed by atoms with van der Waals surface area (Å²) in [5.74, 6) is 1.42. The second-order valence-electron chi connectivity index (χ2n) is 8.19. The number of aryl methyl sites for hydroxylation is 1. The molecule has 2 aliphatic carbocycles. The fourth-order valence-electron chi connectivity index (χ4n) is 4.52. The molecule has 2 aromatic carbocycles. The van der Waals surface area contributed by atoms with Gasteiger partial charge in [-0.2, -0.15) is 5.10 Å². The molecule has 2 aliphatic rings. The van der Waals surface area contributed by atoms with E-state index < -0.39 is 0 Å². The summed E-state index contributed by atoms with van der Waals surface area (Å²) in [6, 6.07) is 13.2. The molecule has 3 aromatic rings. The predicted molar refractivity (Wildman–Crippen MR) is 104 cm³/mol. The van der Waals surface area contributed by atoms with Gasteiger partial charge in [0.05, 0.1) is 11.2 Å². The second-order valence-corrected chi connectivity index (χ2v) is 8.19. The van der Waals surface area contributed by atoms with Crippen molar-refractivity contribution in [2.24, 2.45) is 13.0 Å². The molecule has 1 fully saturated rings. The van der Waals surface area contributed by atoms with Gasteiger partial charge in [0.15, 0.2) is 0 Å². The van der Waals surface area contributed by atoms with Crippen molar-refractivity contribution in [1.82, 2.24) is 9.78 Å². The molecule has 1 atom stereocenters. The molecule has 0 aliphatic heterocycles. The first-order chi connectivity index (χ1) is 12.6. The standard InChI is InChI=1S/C23H24N2O/c1-14-10-18(26)12-16-4-3-5-19(20(16)11-14)17-8-9-22-21(13-17)23(15-6-7-15)24-25(22)2/h3-5,8-9,13-15H,6-7,10-12H2,1-2H3. The molecule has 0 radical (unpaired) electrons. The van der Waals surface area contributed by atoms with E-state index >= 15 is 0 Å². The highest BCUT2D eigenvalue weighted by molar-refractivity contribution is 5.89. The molecule has 1 aromatic heterocycles. The van der Waals surface area contributed by atoms with Crippen LogP contribution in [-0.2, 0) is 24.7 Å². The number of Topliss-reactive ketones (excluding diaryl/α,β-unsaturated/α-hetero) is 1. The number of carbonyl (C=O) groups is 1. The van der Waals surface area contributed by atoms with Crippen molar-refractivity contribution < 1.29 is 4.79 Å². The number of ketones is 1. The average molecular weight is 344 g/mol. The Kier molecular flexibility index (Phi) is 3.53. The van der Waals surface area contributed by atoms with Crippen molar-refractivity contribution in [3.63, 3.8) is 0 Å². The zero-order valence-electron chi connectivity index (χ0n) is 15.5. The largest absolute Gasteiger partial charge is 0.299 e. The van der Waals surface area contributed by atoms with Crippen LogP contribution < -0.4 is 0 Å². The van der Waals surface area contributed by atoms with E-state index in [1.54, 1.807) is 0 Å². The van der Waals surface area contributed by atoms with Crippen LogP contribution in [-0.4, -0.2) is 15.6 Å². The minimum atomic E-state index is 0.368. The van der Waals surface area contributed by atoms with Crippen LogP contribution in [0.15, 0.2) is 36.4 Å². The maximum Gasteiger partial charge on any atom is 0.137 e. The van der Waals surface area contributed by atoms with Crippen LogP contribution in [0.25, 0.3) is 22.0 Å². The van der Waals surface area contributed by atoms with E-state index in [2.05, 4.69) is 43.3 Å².